The highest BCUT2D eigenvalue weighted by molar-refractivity contribution is 9.10. The molecule has 1 unspecified atom stereocenters. The van der Waals surface area contributed by atoms with Gasteiger partial charge in [-0.3, -0.25) is 0 Å². The lowest BCUT2D eigenvalue weighted by atomic mass is 10.1. The summed E-state index contributed by atoms with van der Waals surface area (Å²) < 4.78 is 6.91. The lowest BCUT2D eigenvalue weighted by Crippen LogP contribution is -2.18. The molecule has 0 aromatic heterocycles. The lowest BCUT2D eigenvalue weighted by Gasteiger charge is -2.15. The molecular weight excluding hydrogens is 290 g/mol. The zero-order valence-corrected chi connectivity index (χ0v) is 12.8. The van der Waals surface area contributed by atoms with E-state index in [9.17, 15) is 0 Å². The summed E-state index contributed by atoms with van der Waals surface area (Å²) in [6.45, 7) is 6.13. The number of halogens is 1. The van der Waals surface area contributed by atoms with Crippen molar-refractivity contribution in [3.05, 3.63) is 28.2 Å². The normalized spacial score (nSPS) is 16.6. The Morgan fingerprint density at radius 3 is 2.83 bits per heavy atom. The summed E-state index contributed by atoms with van der Waals surface area (Å²) in [5, 5.41) is 3.42. The largest absolute Gasteiger partial charge is 0.494 e. The van der Waals surface area contributed by atoms with E-state index in [1.54, 1.807) is 0 Å². The molecule has 1 aromatic rings. The molecule has 3 heteroatoms. The summed E-state index contributed by atoms with van der Waals surface area (Å²) in [6, 6.07) is 6.66. The van der Waals surface area contributed by atoms with Crippen molar-refractivity contribution in [3.63, 3.8) is 0 Å². The Kier molecular flexibility index (Phi) is 5.07. The van der Waals surface area contributed by atoms with Crippen LogP contribution in [0.5, 0.6) is 5.75 Å². The van der Waals surface area contributed by atoms with Gasteiger partial charge in [-0.2, -0.15) is 0 Å². The second kappa shape index (κ2) is 6.58. The molecule has 100 valence electrons. The molecule has 0 spiro atoms. The maximum Gasteiger partial charge on any atom is 0.120 e. The number of hydrogen-bond donors (Lipinski definition) is 1. The second-order valence-corrected chi connectivity index (χ2v) is 5.90. The van der Waals surface area contributed by atoms with Gasteiger partial charge in [0, 0.05) is 10.5 Å². The van der Waals surface area contributed by atoms with E-state index in [2.05, 4.69) is 53.3 Å². The topological polar surface area (TPSA) is 21.3 Å². The van der Waals surface area contributed by atoms with Crippen LogP contribution < -0.4 is 10.1 Å². The average Bonchev–Trinajstić information content (AvgIpc) is 3.13. The second-order valence-electron chi connectivity index (χ2n) is 5.04. The van der Waals surface area contributed by atoms with Gasteiger partial charge < -0.3 is 10.1 Å². The van der Waals surface area contributed by atoms with E-state index in [4.69, 9.17) is 4.74 Å². The SMILES string of the molecule is CCNC(C)c1ccc(OCCC2CC2)cc1Br. The van der Waals surface area contributed by atoms with Crippen molar-refractivity contribution in [2.75, 3.05) is 13.2 Å². The fourth-order valence-electron chi connectivity index (χ4n) is 2.11. The molecule has 0 amide bonds. The van der Waals surface area contributed by atoms with Crippen molar-refractivity contribution in [2.45, 2.75) is 39.2 Å². The Hall–Kier alpha value is -0.540. The molecule has 1 atom stereocenters. The van der Waals surface area contributed by atoms with Crippen LogP contribution in [0.15, 0.2) is 22.7 Å². The highest BCUT2D eigenvalue weighted by Gasteiger charge is 2.20. The Labute approximate surface area is 118 Å². The summed E-state index contributed by atoms with van der Waals surface area (Å²) in [5.41, 5.74) is 1.28. The van der Waals surface area contributed by atoms with Gasteiger partial charge in [0.1, 0.15) is 5.75 Å². The van der Waals surface area contributed by atoms with Crippen LogP contribution in [0, 0.1) is 5.92 Å². The van der Waals surface area contributed by atoms with Gasteiger partial charge >= 0.3 is 0 Å². The first-order valence-corrected chi connectivity index (χ1v) is 7.65. The summed E-state index contributed by atoms with van der Waals surface area (Å²) in [6.07, 6.45) is 3.99. The van der Waals surface area contributed by atoms with Crippen LogP contribution in [0.3, 0.4) is 0 Å². The Bertz CT molecular complexity index is 390. The minimum absolute atomic E-state index is 0.366. The third kappa shape index (κ3) is 3.99. The standard InChI is InChI=1S/C15H22BrNO/c1-3-17-11(2)14-7-6-13(10-15(14)16)18-9-8-12-4-5-12/h6-7,10-12,17H,3-5,8-9H2,1-2H3. The van der Waals surface area contributed by atoms with Crippen molar-refractivity contribution in [1.29, 1.82) is 0 Å². The summed E-state index contributed by atoms with van der Waals surface area (Å²) >= 11 is 3.63. The monoisotopic (exact) mass is 311 g/mol. The number of rotatable bonds is 7. The van der Waals surface area contributed by atoms with Gasteiger partial charge in [0.25, 0.3) is 0 Å². The molecule has 1 aliphatic rings. The van der Waals surface area contributed by atoms with Gasteiger partial charge in [0.05, 0.1) is 6.61 Å². The average molecular weight is 312 g/mol. The van der Waals surface area contributed by atoms with E-state index in [0.29, 0.717) is 6.04 Å². The number of nitrogens with one attached hydrogen (secondary N) is 1. The molecule has 2 nitrogen and oxygen atoms in total. The number of ether oxygens (including phenoxy) is 1. The fourth-order valence-corrected chi connectivity index (χ4v) is 2.82. The third-order valence-electron chi connectivity index (χ3n) is 3.44. The molecule has 0 saturated heterocycles. The predicted octanol–water partition coefficient (Wildman–Crippen LogP) is 4.30. The van der Waals surface area contributed by atoms with E-state index >= 15 is 0 Å². The fraction of sp³-hybridized carbons (Fsp3) is 0.600. The van der Waals surface area contributed by atoms with E-state index in [1.807, 2.05) is 0 Å². The van der Waals surface area contributed by atoms with Gasteiger partial charge in [-0.1, -0.05) is 41.8 Å². The third-order valence-corrected chi connectivity index (χ3v) is 4.13. The highest BCUT2D eigenvalue weighted by Crippen LogP contribution is 2.33. The molecule has 0 radical (unpaired) electrons. The molecule has 1 saturated carbocycles. The summed E-state index contributed by atoms with van der Waals surface area (Å²) in [7, 11) is 0. The van der Waals surface area contributed by atoms with E-state index in [0.717, 1.165) is 29.3 Å². The first-order valence-electron chi connectivity index (χ1n) is 6.86. The lowest BCUT2D eigenvalue weighted by molar-refractivity contribution is 0.302. The quantitative estimate of drug-likeness (QED) is 0.810. The van der Waals surface area contributed by atoms with Gasteiger partial charge in [0.15, 0.2) is 0 Å². The van der Waals surface area contributed by atoms with Crippen molar-refractivity contribution < 1.29 is 4.74 Å². The van der Waals surface area contributed by atoms with Crippen LogP contribution >= 0.6 is 15.9 Å². The first-order chi connectivity index (χ1) is 8.70. The van der Waals surface area contributed by atoms with Crippen molar-refractivity contribution in [1.82, 2.24) is 5.32 Å². The van der Waals surface area contributed by atoms with Crippen molar-refractivity contribution in [2.24, 2.45) is 5.92 Å². The predicted molar refractivity (Wildman–Crippen MR) is 79.1 cm³/mol. The maximum absolute atomic E-state index is 5.78. The number of benzene rings is 1. The minimum atomic E-state index is 0.366. The van der Waals surface area contributed by atoms with Crippen LogP contribution in [0.2, 0.25) is 0 Å². The molecule has 1 aliphatic carbocycles. The first kappa shape index (κ1) is 13.9. The van der Waals surface area contributed by atoms with E-state index in [1.165, 1.54) is 24.8 Å². The van der Waals surface area contributed by atoms with E-state index in [-0.39, 0.29) is 0 Å². The zero-order chi connectivity index (χ0) is 13.0. The van der Waals surface area contributed by atoms with Gasteiger partial charge in [0.2, 0.25) is 0 Å². The Morgan fingerprint density at radius 1 is 1.44 bits per heavy atom. The van der Waals surface area contributed by atoms with Gasteiger partial charge in [-0.05, 0) is 43.5 Å². The van der Waals surface area contributed by atoms with Crippen LogP contribution in [-0.4, -0.2) is 13.2 Å². The maximum atomic E-state index is 5.78. The molecule has 0 heterocycles. The van der Waals surface area contributed by atoms with Crippen LogP contribution in [0.1, 0.15) is 44.7 Å². The zero-order valence-electron chi connectivity index (χ0n) is 11.2. The van der Waals surface area contributed by atoms with Crippen molar-refractivity contribution >= 4 is 15.9 Å². The minimum Gasteiger partial charge on any atom is -0.494 e. The molecule has 1 aromatic carbocycles. The molecule has 1 N–H and O–H groups in total. The summed E-state index contributed by atoms with van der Waals surface area (Å²) in [5.74, 6) is 1.90. The molecule has 18 heavy (non-hydrogen) atoms. The highest BCUT2D eigenvalue weighted by atomic mass is 79.9. The van der Waals surface area contributed by atoms with Crippen LogP contribution in [0.4, 0.5) is 0 Å². The Morgan fingerprint density at radius 2 is 2.22 bits per heavy atom. The molecular formula is C15H22BrNO. The van der Waals surface area contributed by atoms with Gasteiger partial charge in [-0.15, -0.1) is 0 Å². The number of hydrogen-bond acceptors (Lipinski definition) is 2. The molecule has 1 fully saturated rings. The molecule has 0 aliphatic heterocycles. The van der Waals surface area contributed by atoms with Crippen LogP contribution in [0.25, 0.3) is 0 Å². The van der Waals surface area contributed by atoms with Crippen LogP contribution in [-0.2, 0) is 0 Å². The summed E-state index contributed by atoms with van der Waals surface area (Å²) in [4.78, 5) is 0. The smallest absolute Gasteiger partial charge is 0.120 e. The van der Waals surface area contributed by atoms with Gasteiger partial charge in [-0.25, -0.2) is 0 Å². The molecule has 2 rings (SSSR count). The van der Waals surface area contributed by atoms with Crippen molar-refractivity contribution in [3.8, 4) is 5.75 Å². The van der Waals surface area contributed by atoms with E-state index < -0.39 is 0 Å². The molecule has 0 bridgehead atoms. The Balaban J connectivity index is 1.90.